The molecule has 1 atom stereocenters. The molecular weight excluding hydrogens is 256 g/mol. The topological polar surface area (TPSA) is 26.3 Å². The number of carbonyl (C=O) groups is 1. The minimum Gasteiger partial charge on any atom is -0.468 e. The van der Waals surface area contributed by atoms with E-state index in [2.05, 4.69) is 16.9 Å². The number of thioether (sulfide) groups is 1. The highest BCUT2D eigenvalue weighted by atomic mass is 35.5. The average molecular weight is 273 g/mol. The van der Waals surface area contributed by atoms with Gasteiger partial charge in [-0.25, -0.2) is 0 Å². The molecule has 1 rings (SSSR count). The summed E-state index contributed by atoms with van der Waals surface area (Å²) in [4.78, 5) is 11.4. The molecule has 2 nitrogen and oxygen atoms in total. The zero-order valence-corrected chi connectivity index (χ0v) is 11.8. The summed E-state index contributed by atoms with van der Waals surface area (Å²) in [5.74, 6) is 0.450. The van der Waals surface area contributed by atoms with Crippen LogP contribution in [0.3, 0.4) is 0 Å². The number of hydrogen-bond acceptors (Lipinski definition) is 3. The summed E-state index contributed by atoms with van der Waals surface area (Å²) in [5, 5.41) is -0.638. The molecule has 0 aliphatic carbocycles. The van der Waals surface area contributed by atoms with Gasteiger partial charge in [0.25, 0.3) is 0 Å². The maximum absolute atomic E-state index is 11.4. The van der Waals surface area contributed by atoms with Crippen LogP contribution in [-0.2, 0) is 15.3 Å². The van der Waals surface area contributed by atoms with Gasteiger partial charge in [0.2, 0.25) is 0 Å². The number of carbonyl (C=O) groups excluding carboxylic acids is 1. The second-order valence-electron chi connectivity index (χ2n) is 4.26. The van der Waals surface area contributed by atoms with Crippen molar-refractivity contribution in [2.24, 2.45) is 0 Å². The van der Waals surface area contributed by atoms with E-state index in [1.807, 2.05) is 32.0 Å². The standard InChI is InChI=1S/C13H17ClO2S/c1-13(2,11(14)12(15)16-3)17-9-10-7-5-4-6-8-10/h4-8,11H,9H2,1-3H3. The predicted octanol–water partition coefficient (Wildman–Crippen LogP) is 3.48. The van der Waals surface area contributed by atoms with E-state index in [9.17, 15) is 4.79 Å². The molecule has 17 heavy (non-hydrogen) atoms. The van der Waals surface area contributed by atoms with Crippen LogP contribution in [0.15, 0.2) is 30.3 Å². The second kappa shape index (κ2) is 6.31. The van der Waals surface area contributed by atoms with Crippen LogP contribution in [0.1, 0.15) is 19.4 Å². The van der Waals surface area contributed by atoms with Crippen LogP contribution < -0.4 is 0 Å². The molecule has 1 aromatic rings. The molecule has 0 saturated heterocycles. The highest BCUT2D eigenvalue weighted by molar-refractivity contribution is 8.00. The zero-order valence-electron chi connectivity index (χ0n) is 10.3. The molecule has 0 fully saturated rings. The average Bonchev–Trinajstić information content (AvgIpc) is 2.36. The maximum atomic E-state index is 11.4. The van der Waals surface area contributed by atoms with Crippen molar-refractivity contribution >= 4 is 29.3 Å². The monoisotopic (exact) mass is 272 g/mol. The van der Waals surface area contributed by atoms with Gasteiger partial charge in [0, 0.05) is 10.5 Å². The Bertz CT molecular complexity index is 365. The molecule has 0 N–H and O–H groups in total. The zero-order chi connectivity index (χ0) is 12.9. The van der Waals surface area contributed by atoms with Crippen LogP contribution in [0.4, 0.5) is 0 Å². The smallest absolute Gasteiger partial charge is 0.325 e. The molecule has 1 unspecified atom stereocenters. The Morgan fingerprint density at radius 2 is 2.00 bits per heavy atom. The van der Waals surface area contributed by atoms with Gasteiger partial charge in [-0.15, -0.1) is 23.4 Å². The van der Waals surface area contributed by atoms with Gasteiger partial charge in [-0.05, 0) is 19.4 Å². The Balaban J connectivity index is 2.58. The van der Waals surface area contributed by atoms with E-state index in [0.717, 1.165) is 5.75 Å². The normalized spacial score (nSPS) is 13.2. The first-order valence-electron chi connectivity index (χ1n) is 5.37. The molecule has 0 aromatic heterocycles. The van der Waals surface area contributed by atoms with Gasteiger partial charge in [0.15, 0.2) is 0 Å². The van der Waals surface area contributed by atoms with Crippen molar-refractivity contribution < 1.29 is 9.53 Å². The summed E-state index contributed by atoms with van der Waals surface area (Å²) in [6.45, 7) is 3.91. The van der Waals surface area contributed by atoms with E-state index >= 15 is 0 Å². The predicted molar refractivity (Wildman–Crippen MR) is 73.5 cm³/mol. The summed E-state index contributed by atoms with van der Waals surface area (Å²) < 4.78 is 4.31. The Hall–Kier alpha value is -0.670. The van der Waals surface area contributed by atoms with Crippen molar-refractivity contribution in [3.63, 3.8) is 0 Å². The van der Waals surface area contributed by atoms with Gasteiger partial charge < -0.3 is 4.74 Å². The number of methoxy groups -OCH3 is 1. The Morgan fingerprint density at radius 3 is 2.53 bits per heavy atom. The minimum absolute atomic E-state index is 0.357. The molecule has 0 saturated carbocycles. The van der Waals surface area contributed by atoms with Gasteiger partial charge in [-0.1, -0.05) is 30.3 Å². The van der Waals surface area contributed by atoms with Gasteiger partial charge >= 0.3 is 5.97 Å². The molecule has 0 heterocycles. The summed E-state index contributed by atoms with van der Waals surface area (Å²) in [5.41, 5.74) is 1.22. The quantitative estimate of drug-likeness (QED) is 0.606. The molecule has 0 bridgehead atoms. The lowest BCUT2D eigenvalue weighted by molar-refractivity contribution is -0.140. The molecule has 0 aliphatic rings. The van der Waals surface area contributed by atoms with Gasteiger partial charge in [0.1, 0.15) is 5.38 Å². The molecular formula is C13H17ClO2S. The third-order valence-corrected chi connectivity index (χ3v) is 4.78. The number of benzene rings is 1. The summed E-state index contributed by atoms with van der Waals surface area (Å²) in [6, 6.07) is 10.1. The highest BCUT2D eigenvalue weighted by Gasteiger charge is 2.34. The third-order valence-electron chi connectivity index (χ3n) is 2.47. The lowest BCUT2D eigenvalue weighted by Gasteiger charge is -2.27. The molecule has 1 aromatic carbocycles. The van der Waals surface area contributed by atoms with Crippen molar-refractivity contribution in [2.45, 2.75) is 29.7 Å². The SMILES string of the molecule is COC(=O)C(Cl)C(C)(C)SCc1ccccc1. The first kappa shape index (κ1) is 14.4. The minimum atomic E-state index is -0.638. The fourth-order valence-corrected chi connectivity index (χ4v) is 2.56. The fraction of sp³-hybridized carbons (Fsp3) is 0.462. The Morgan fingerprint density at radius 1 is 1.41 bits per heavy atom. The Labute approximate surface area is 112 Å². The van der Waals surface area contributed by atoms with E-state index in [0.29, 0.717) is 0 Å². The molecule has 4 heteroatoms. The van der Waals surface area contributed by atoms with E-state index in [4.69, 9.17) is 11.6 Å². The van der Waals surface area contributed by atoms with Crippen molar-refractivity contribution in [3.05, 3.63) is 35.9 Å². The van der Waals surface area contributed by atoms with Crippen LogP contribution in [0.2, 0.25) is 0 Å². The highest BCUT2D eigenvalue weighted by Crippen LogP contribution is 2.34. The molecule has 94 valence electrons. The largest absolute Gasteiger partial charge is 0.468 e. The molecule has 0 amide bonds. The van der Waals surface area contributed by atoms with E-state index in [1.54, 1.807) is 11.8 Å². The molecule has 0 spiro atoms. The van der Waals surface area contributed by atoms with Crippen LogP contribution in [-0.4, -0.2) is 23.2 Å². The van der Waals surface area contributed by atoms with Crippen molar-refractivity contribution in [1.29, 1.82) is 0 Å². The number of hydrogen-bond donors (Lipinski definition) is 0. The van der Waals surface area contributed by atoms with Crippen LogP contribution in [0.25, 0.3) is 0 Å². The number of rotatable bonds is 5. The first-order valence-corrected chi connectivity index (χ1v) is 6.79. The summed E-state index contributed by atoms with van der Waals surface area (Å²) in [7, 11) is 1.36. The number of alkyl halides is 1. The first-order chi connectivity index (χ1) is 7.97. The summed E-state index contributed by atoms with van der Waals surface area (Å²) in [6.07, 6.45) is 0. The van der Waals surface area contributed by atoms with Crippen LogP contribution in [0, 0.1) is 0 Å². The fourth-order valence-electron chi connectivity index (χ4n) is 1.30. The van der Waals surface area contributed by atoms with Gasteiger partial charge in [-0.3, -0.25) is 4.79 Å². The van der Waals surface area contributed by atoms with Crippen molar-refractivity contribution in [3.8, 4) is 0 Å². The van der Waals surface area contributed by atoms with Gasteiger partial charge in [0.05, 0.1) is 7.11 Å². The lowest BCUT2D eigenvalue weighted by atomic mass is 10.1. The Kier molecular flexibility index (Phi) is 5.34. The maximum Gasteiger partial charge on any atom is 0.325 e. The van der Waals surface area contributed by atoms with E-state index in [-0.39, 0.29) is 10.7 Å². The molecule has 0 radical (unpaired) electrons. The third kappa shape index (κ3) is 4.25. The van der Waals surface area contributed by atoms with Crippen molar-refractivity contribution in [2.75, 3.05) is 7.11 Å². The number of halogens is 1. The molecule has 0 aliphatic heterocycles. The summed E-state index contributed by atoms with van der Waals surface area (Å²) >= 11 is 7.74. The lowest BCUT2D eigenvalue weighted by Crippen LogP contribution is -2.36. The number of esters is 1. The van der Waals surface area contributed by atoms with E-state index < -0.39 is 5.38 Å². The van der Waals surface area contributed by atoms with E-state index in [1.165, 1.54) is 12.7 Å². The van der Waals surface area contributed by atoms with Crippen LogP contribution in [0.5, 0.6) is 0 Å². The van der Waals surface area contributed by atoms with Crippen molar-refractivity contribution in [1.82, 2.24) is 0 Å². The van der Waals surface area contributed by atoms with Crippen LogP contribution >= 0.6 is 23.4 Å². The number of ether oxygens (including phenoxy) is 1. The second-order valence-corrected chi connectivity index (χ2v) is 6.33. The van der Waals surface area contributed by atoms with Gasteiger partial charge in [-0.2, -0.15) is 0 Å².